The van der Waals surface area contributed by atoms with Crippen LogP contribution >= 0.6 is 12.2 Å². The topological polar surface area (TPSA) is 79.6 Å². The Balaban J connectivity index is 1.79. The van der Waals surface area contributed by atoms with Crippen LogP contribution in [-0.4, -0.2) is 23.3 Å². The smallest absolute Gasteiger partial charge is 0.257 e. The van der Waals surface area contributed by atoms with Crippen LogP contribution in [0, 0.1) is 13.8 Å². The number of allylic oxidation sites excluding steroid dienone is 1. The molecule has 1 aliphatic heterocycles. The highest BCUT2D eigenvalue weighted by Gasteiger charge is 2.35. The maximum absolute atomic E-state index is 13.4. The normalized spacial score (nSPS) is 16.1. The van der Waals surface area contributed by atoms with Crippen molar-refractivity contribution in [3.05, 3.63) is 82.8 Å². The minimum Gasteiger partial charge on any atom is -0.497 e. The number of anilines is 2. The van der Waals surface area contributed by atoms with Gasteiger partial charge in [-0.2, -0.15) is 0 Å². The number of carbonyl (C=O) groups is 1. The summed E-state index contributed by atoms with van der Waals surface area (Å²) in [6.45, 7) is 5.69. The van der Waals surface area contributed by atoms with Gasteiger partial charge in [-0.1, -0.05) is 35.0 Å². The SMILES string of the molecule is COc1ccc([C@@H]2NC(=S)N(c3ccc(C)cc3)C(C)=C2C(=O)Nc2cc(C)on2)cc1. The number of amides is 1. The molecule has 1 atom stereocenters. The average Bonchev–Trinajstić information content (AvgIpc) is 3.19. The highest BCUT2D eigenvalue weighted by Crippen LogP contribution is 2.34. The zero-order chi connectivity index (χ0) is 22.8. The van der Waals surface area contributed by atoms with E-state index in [2.05, 4.69) is 15.8 Å². The van der Waals surface area contributed by atoms with Gasteiger partial charge in [0.2, 0.25) is 0 Å². The van der Waals surface area contributed by atoms with E-state index >= 15 is 0 Å². The van der Waals surface area contributed by atoms with Crippen LogP contribution in [0.5, 0.6) is 5.75 Å². The number of aryl methyl sites for hydroxylation is 2. The van der Waals surface area contributed by atoms with Gasteiger partial charge in [0, 0.05) is 17.5 Å². The minimum atomic E-state index is -0.442. The molecular weight excluding hydrogens is 424 g/mol. The van der Waals surface area contributed by atoms with E-state index in [-0.39, 0.29) is 5.91 Å². The first kappa shape index (κ1) is 21.6. The molecule has 164 valence electrons. The number of nitrogens with one attached hydrogen (secondary N) is 2. The summed E-state index contributed by atoms with van der Waals surface area (Å²) in [7, 11) is 1.62. The molecule has 0 unspecified atom stereocenters. The van der Waals surface area contributed by atoms with E-state index in [1.807, 2.05) is 67.3 Å². The summed E-state index contributed by atoms with van der Waals surface area (Å²) in [5.74, 6) is 1.42. The van der Waals surface area contributed by atoms with E-state index in [1.165, 1.54) is 0 Å². The second-order valence-corrected chi connectivity index (χ2v) is 7.99. The maximum Gasteiger partial charge on any atom is 0.257 e. The number of aromatic nitrogens is 1. The third kappa shape index (κ3) is 4.22. The van der Waals surface area contributed by atoms with Gasteiger partial charge in [-0.3, -0.25) is 9.69 Å². The lowest BCUT2D eigenvalue weighted by Gasteiger charge is -2.38. The van der Waals surface area contributed by atoms with Gasteiger partial charge in [0.25, 0.3) is 5.91 Å². The summed E-state index contributed by atoms with van der Waals surface area (Å²) in [4.78, 5) is 15.3. The molecule has 1 amide bonds. The first-order chi connectivity index (χ1) is 15.4. The summed E-state index contributed by atoms with van der Waals surface area (Å²) in [5, 5.41) is 10.6. The van der Waals surface area contributed by atoms with Crippen LogP contribution in [-0.2, 0) is 4.79 Å². The van der Waals surface area contributed by atoms with Crippen LogP contribution in [0.1, 0.15) is 29.9 Å². The molecule has 2 aromatic carbocycles. The Morgan fingerprint density at radius 3 is 2.41 bits per heavy atom. The van der Waals surface area contributed by atoms with E-state index in [9.17, 15) is 4.79 Å². The number of thiocarbonyl (C=S) groups is 1. The Labute approximate surface area is 192 Å². The Morgan fingerprint density at radius 1 is 1.12 bits per heavy atom. The van der Waals surface area contributed by atoms with Crippen LogP contribution in [0.2, 0.25) is 0 Å². The summed E-state index contributed by atoms with van der Waals surface area (Å²) < 4.78 is 10.4. The van der Waals surface area contributed by atoms with Crippen molar-refractivity contribution in [3.63, 3.8) is 0 Å². The van der Waals surface area contributed by atoms with Crippen LogP contribution in [0.4, 0.5) is 11.5 Å². The van der Waals surface area contributed by atoms with Gasteiger partial charge in [-0.05, 0) is 62.8 Å². The summed E-state index contributed by atoms with van der Waals surface area (Å²) >= 11 is 5.71. The molecule has 0 radical (unpaired) electrons. The third-order valence-corrected chi connectivity index (χ3v) is 5.64. The summed E-state index contributed by atoms with van der Waals surface area (Å²) in [6.07, 6.45) is 0. The molecule has 2 heterocycles. The van der Waals surface area contributed by atoms with Crippen molar-refractivity contribution in [2.75, 3.05) is 17.3 Å². The van der Waals surface area contributed by atoms with Gasteiger partial charge >= 0.3 is 0 Å². The molecule has 7 nitrogen and oxygen atoms in total. The van der Waals surface area contributed by atoms with Crippen molar-refractivity contribution < 1.29 is 14.1 Å². The van der Waals surface area contributed by atoms with Crippen molar-refractivity contribution >= 4 is 34.7 Å². The van der Waals surface area contributed by atoms with Crippen LogP contribution in [0.25, 0.3) is 0 Å². The average molecular weight is 449 g/mol. The fraction of sp³-hybridized carbons (Fsp3) is 0.208. The monoisotopic (exact) mass is 448 g/mol. The molecule has 4 rings (SSSR count). The standard InChI is InChI=1S/C24H24N4O3S/c1-14-5-9-18(10-6-14)28-16(3)21(23(29)25-20-13-15(2)31-27-20)22(26-24(28)32)17-7-11-19(30-4)12-8-17/h5-13,22H,1-4H3,(H,26,32)(H,25,27,29)/t22-/m0/s1. The van der Waals surface area contributed by atoms with Crippen LogP contribution in [0.3, 0.4) is 0 Å². The van der Waals surface area contributed by atoms with Gasteiger partial charge in [-0.15, -0.1) is 0 Å². The van der Waals surface area contributed by atoms with Gasteiger partial charge < -0.3 is 19.9 Å². The molecule has 3 aromatic rings. The first-order valence-corrected chi connectivity index (χ1v) is 10.5. The number of carbonyl (C=O) groups excluding carboxylic acids is 1. The number of hydrogen-bond donors (Lipinski definition) is 2. The molecule has 2 N–H and O–H groups in total. The lowest BCUT2D eigenvalue weighted by atomic mass is 9.94. The highest BCUT2D eigenvalue weighted by molar-refractivity contribution is 7.80. The van der Waals surface area contributed by atoms with E-state index in [4.69, 9.17) is 21.5 Å². The largest absolute Gasteiger partial charge is 0.497 e. The lowest BCUT2D eigenvalue weighted by Crippen LogP contribution is -2.48. The molecule has 0 fully saturated rings. The van der Waals surface area contributed by atoms with E-state index < -0.39 is 6.04 Å². The van der Waals surface area contributed by atoms with Gasteiger partial charge in [0.15, 0.2) is 10.9 Å². The van der Waals surface area contributed by atoms with E-state index in [1.54, 1.807) is 20.1 Å². The van der Waals surface area contributed by atoms with Gasteiger partial charge in [0.05, 0.1) is 18.7 Å². The van der Waals surface area contributed by atoms with Crippen molar-refractivity contribution in [2.45, 2.75) is 26.8 Å². The fourth-order valence-corrected chi connectivity index (χ4v) is 4.06. The second kappa shape index (κ2) is 8.84. The molecule has 0 spiro atoms. The summed E-state index contributed by atoms with van der Waals surface area (Å²) in [6, 6.07) is 16.8. The molecule has 0 saturated heterocycles. The van der Waals surface area contributed by atoms with E-state index in [0.29, 0.717) is 22.3 Å². The molecule has 32 heavy (non-hydrogen) atoms. The minimum absolute atomic E-state index is 0.288. The van der Waals surface area contributed by atoms with Gasteiger partial charge in [0.1, 0.15) is 11.5 Å². The Morgan fingerprint density at radius 2 is 1.81 bits per heavy atom. The quantitative estimate of drug-likeness (QED) is 0.550. The predicted molar refractivity (Wildman–Crippen MR) is 128 cm³/mol. The maximum atomic E-state index is 13.4. The number of rotatable bonds is 5. The Bertz CT molecular complexity index is 1180. The van der Waals surface area contributed by atoms with Crippen molar-refractivity contribution in [1.29, 1.82) is 0 Å². The molecular formula is C24H24N4O3S. The number of ether oxygens (including phenoxy) is 1. The first-order valence-electron chi connectivity index (χ1n) is 10.1. The molecule has 1 aromatic heterocycles. The predicted octanol–water partition coefficient (Wildman–Crippen LogP) is 4.65. The second-order valence-electron chi connectivity index (χ2n) is 7.60. The molecule has 8 heteroatoms. The van der Waals surface area contributed by atoms with Gasteiger partial charge in [-0.25, -0.2) is 0 Å². The van der Waals surface area contributed by atoms with Crippen molar-refractivity contribution in [3.8, 4) is 5.75 Å². The Hall–Kier alpha value is -3.65. The number of methoxy groups -OCH3 is 1. The number of nitrogens with zero attached hydrogens (tertiary/aromatic N) is 2. The molecule has 0 bridgehead atoms. The van der Waals surface area contributed by atoms with E-state index in [0.717, 1.165) is 28.3 Å². The zero-order valence-corrected chi connectivity index (χ0v) is 19.1. The lowest BCUT2D eigenvalue weighted by molar-refractivity contribution is -0.113. The van der Waals surface area contributed by atoms with Crippen molar-refractivity contribution in [1.82, 2.24) is 10.5 Å². The number of hydrogen-bond acceptors (Lipinski definition) is 5. The van der Waals surface area contributed by atoms with Crippen LogP contribution in [0.15, 0.2) is 70.4 Å². The molecule has 0 saturated carbocycles. The van der Waals surface area contributed by atoms with Crippen LogP contribution < -0.4 is 20.3 Å². The molecule has 0 aliphatic carbocycles. The molecule has 1 aliphatic rings. The zero-order valence-electron chi connectivity index (χ0n) is 18.3. The number of benzene rings is 2. The third-order valence-electron chi connectivity index (χ3n) is 5.34. The fourth-order valence-electron chi connectivity index (χ4n) is 3.70. The van der Waals surface area contributed by atoms with Crippen molar-refractivity contribution in [2.24, 2.45) is 0 Å². The highest BCUT2D eigenvalue weighted by atomic mass is 32.1. The Kier molecular flexibility index (Phi) is 5.96. The summed E-state index contributed by atoms with van der Waals surface area (Å²) in [5.41, 5.74) is 4.17.